The lowest BCUT2D eigenvalue weighted by atomic mass is 9.92. The number of ketones is 1. The van der Waals surface area contributed by atoms with Crippen LogP contribution in [-0.2, 0) is 17.8 Å². The van der Waals surface area contributed by atoms with E-state index >= 15 is 0 Å². The van der Waals surface area contributed by atoms with E-state index in [2.05, 4.69) is 5.32 Å². The highest BCUT2D eigenvalue weighted by molar-refractivity contribution is 6.02. The molecule has 1 heterocycles. The van der Waals surface area contributed by atoms with Crippen LogP contribution in [0.25, 0.3) is 0 Å². The second kappa shape index (κ2) is 8.33. The molecule has 0 aromatic heterocycles. The average molecular weight is 398 g/mol. The standard InChI is InChI=1S/C25H22N2O3/c1-17(28)18-11-13-22(14-12-18)26-24(29)23-15-20-9-5-6-10-21(20)16-27(23)25(30)19-7-3-2-4-8-19/h2-14,23H,15-16H2,1H3,(H,26,29)/t23-/m1/s1. The highest BCUT2D eigenvalue weighted by atomic mass is 16.2. The summed E-state index contributed by atoms with van der Waals surface area (Å²) in [5, 5.41) is 2.90. The number of nitrogens with zero attached hydrogens (tertiary/aromatic N) is 1. The predicted octanol–water partition coefficient (Wildman–Crippen LogP) is 4.10. The molecule has 0 saturated heterocycles. The largest absolute Gasteiger partial charge is 0.324 e. The van der Waals surface area contributed by atoms with Crippen LogP contribution in [0.2, 0.25) is 0 Å². The molecule has 0 aliphatic carbocycles. The van der Waals surface area contributed by atoms with Gasteiger partial charge in [-0.1, -0.05) is 42.5 Å². The molecule has 30 heavy (non-hydrogen) atoms. The lowest BCUT2D eigenvalue weighted by Crippen LogP contribution is -2.50. The van der Waals surface area contributed by atoms with Crippen molar-refractivity contribution in [1.82, 2.24) is 4.90 Å². The molecule has 5 heteroatoms. The van der Waals surface area contributed by atoms with Crippen molar-refractivity contribution in [2.45, 2.75) is 25.9 Å². The molecule has 0 fully saturated rings. The number of nitrogens with one attached hydrogen (secondary N) is 1. The summed E-state index contributed by atoms with van der Waals surface area (Å²) in [4.78, 5) is 39.5. The van der Waals surface area contributed by atoms with Gasteiger partial charge in [-0.15, -0.1) is 0 Å². The SMILES string of the molecule is CC(=O)c1ccc(NC(=O)[C@H]2Cc3ccccc3CN2C(=O)c2ccccc2)cc1. The molecule has 0 spiro atoms. The van der Waals surface area contributed by atoms with Crippen molar-refractivity contribution < 1.29 is 14.4 Å². The van der Waals surface area contributed by atoms with Gasteiger partial charge in [0, 0.05) is 29.8 Å². The minimum atomic E-state index is -0.625. The molecule has 1 N–H and O–H groups in total. The van der Waals surface area contributed by atoms with E-state index in [-0.39, 0.29) is 17.6 Å². The Morgan fingerprint density at radius 2 is 1.43 bits per heavy atom. The second-order valence-corrected chi connectivity index (χ2v) is 7.41. The molecule has 0 unspecified atom stereocenters. The van der Waals surface area contributed by atoms with Gasteiger partial charge >= 0.3 is 0 Å². The van der Waals surface area contributed by atoms with Crippen LogP contribution in [0.15, 0.2) is 78.9 Å². The number of carbonyl (C=O) groups excluding carboxylic acids is 3. The fraction of sp³-hybridized carbons (Fsp3) is 0.160. The van der Waals surface area contributed by atoms with E-state index in [1.54, 1.807) is 41.3 Å². The summed E-state index contributed by atoms with van der Waals surface area (Å²) < 4.78 is 0. The third kappa shape index (κ3) is 4.01. The Balaban J connectivity index is 1.61. The zero-order valence-electron chi connectivity index (χ0n) is 16.7. The van der Waals surface area contributed by atoms with Gasteiger partial charge in [0.25, 0.3) is 5.91 Å². The van der Waals surface area contributed by atoms with Crippen LogP contribution in [0.5, 0.6) is 0 Å². The first-order valence-corrected chi connectivity index (χ1v) is 9.87. The monoisotopic (exact) mass is 398 g/mol. The van der Waals surface area contributed by atoms with E-state index in [9.17, 15) is 14.4 Å². The average Bonchev–Trinajstić information content (AvgIpc) is 2.78. The normalized spacial score (nSPS) is 15.2. The quantitative estimate of drug-likeness (QED) is 0.673. The maximum Gasteiger partial charge on any atom is 0.254 e. The molecule has 4 rings (SSSR count). The van der Waals surface area contributed by atoms with Gasteiger partial charge < -0.3 is 10.2 Å². The van der Waals surface area contributed by atoms with Gasteiger partial charge in [-0.3, -0.25) is 14.4 Å². The lowest BCUT2D eigenvalue weighted by molar-refractivity contribution is -0.121. The lowest BCUT2D eigenvalue weighted by Gasteiger charge is -2.36. The van der Waals surface area contributed by atoms with E-state index < -0.39 is 6.04 Å². The fourth-order valence-corrected chi connectivity index (χ4v) is 3.73. The minimum absolute atomic E-state index is 0.0311. The maximum atomic E-state index is 13.2. The Bertz CT molecular complexity index is 1090. The van der Waals surface area contributed by atoms with Gasteiger partial charge in [-0.05, 0) is 54.4 Å². The summed E-state index contributed by atoms with van der Waals surface area (Å²) in [6.45, 7) is 1.88. The van der Waals surface area contributed by atoms with Crippen molar-refractivity contribution >= 4 is 23.3 Å². The molecule has 3 aromatic carbocycles. The van der Waals surface area contributed by atoms with Gasteiger partial charge in [-0.2, -0.15) is 0 Å². The minimum Gasteiger partial charge on any atom is -0.324 e. The van der Waals surface area contributed by atoms with Gasteiger partial charge in [0.05, 0.1) is 0 Å². The molecule has 0 radical (unpaired) electrons. The Morgan fingerprint density at radius 3 is 2.10 bits per heavy atom. The first-order chi connectivity index (χ1) is 14.5. The molecule has 1 aliphatic heterocycles. The smallest absolute Gasteiger partial charge is 0.254 e. The third-order valence-electron chi connectivity index (χ3n) is 5.39. The van der Waals surface area contributed by atoms with Gasteiger partial charge in [0.2, 0.25) is 5.91 Å². The first-order valence-electron chi connectivity index (χ1n) is 9.87. The molecular formula is C25H22N2O3. The van der Waals surface area contributed by atoms with E-state index in [1.165, 1.54) is 6.92 Å². The molecule has 5 nitrogen and oxygen atoms in total. The maximum absolute atomic E-state index is 13.2. The van der Waals surface area contributed by atoms with Crippen LogP contribution < -0.4 is 5.32 Å². The Kier molecular flexibility index (Phi) is 5.44. The molecule has 1 aliphatic rings. The van der Waals surface area contributed by atoms with E-state index in [0.29, 0.717) is 29.8 Å². The van der Waals surface area contributed by atoms with Crippen LogP contribution >= 0.6 is 0 Å². The Labute approximate surface area is 175 Å². The number of fused-ring (bicyclic) bond motifs is 1. The van der Waals surface area contributed by atoms with Crippen LogP contribution in [0.1, 0.15) is 38.8 Å². The summed E-state index contributed by atoms with van der Waals surface area (Å²) in [7, 11) is 0. The predicted molar refractivity (Wildman–Crippen MR) is 115 cm³/mol. The van der Waals surface area contributed by atoms with Crippen molar-refractivity contribution in [3.05, 3.63) is 101 Å². The summed E-state index contributed by atoms with van der Waals surface area (Å²) in [6, 6.07) is 23.0. The number of benzene rings is 3. The molecule has 0 bridgehead atoms. The zero-order valence-corrected chi connectivity index (χ0v) is 16.7. The Hall–Kier alpha value is -3.73. The molecule has 1 atom stereocenters. The fourth-order valence-electron chi connectivity index (χ4n) is 3.73. The molecular weight excluding hydrogens is 376 g/mol. The van der Waals surface area contributed by atoms with Crippen molar-refractivity contribution in [1.29, 1.82) is 0 Å². The van der Waals surface area contributed by atoms with Crippen molar-refractivity contribution in [3.8, 4) is 0 Å². The van der Waals surface area contributed by atoms with Gasteiger partial charge in [0.1, 0.15) is 6.04 Å². The number of anilines is 1. The number of Topliss-reactive ketones (excluding diaryl/α,β-unsaturated/α-hetero) is 1. The number of amides is 2. The van der Waals surface area contributed by atoms with E-state index in [1.807, 2.05) is 42.5 Å². The summed E-state index contributed by atoms with van der Waals surface area (Å²) in [5.74, 6) is -0.446. The summed E-state index contributed by atoms with van der Waals surface area (Å²) in [6.07, 6.45) is 0.451. The molecule has 150 valence electrons. The first kappa shape index (κ1) is 19.6. The number of carbonyl (C=O) groups is 3. The number of rotatable bonds is 4. The summed E-state index contributed by atoms with van der Waals surface area (Å²) >= 11 is 0. The topological polar surface area (TPSA) is 66.5 Å². The molecule has 2 amide bonds. The van der Waals surface area contributed by atoms with Crippen molar-refractivity contribution in [3.63, 3.8) is 0 Å². The number of hydrogen-bond acceptors (Lipinski definition) is 3. The second-order valence-electron chi connectivity index (χ2n) is 7.41. The van der Waals surface area contributed by atoms with Crippen LogP contribution in [0.4, 0.5) is 5.69 Å². The van der Waals surface area contributed by atoms with Crippen LogP contribution in [0.3, 0.4) is 0 Å². The van der Waals surface area contributed by atoms with Crippen LogP contribution in [-0.4, -0.2) is 28.5 Å². The Morgan fingerprint density at radius 1 is 0.800 bits per heavy atom. The van der Waals surface area contributed by atoms with Crippen molar-refractivity contribution in [2.75, 3.05) is 5.32 Å². The molecule has 0 saturated carbocycles. The van der Waals surface area contributed by atoms with E-state index in [0.717, 1.165) is 11.1 Å². The van der Waals surface area contributed by atoms with Gasteiger partial charge in [-0.25, -0.2) is 0 Å². The zero-order chi connectivity index (χ0) is 21.1. The highest BCUT2D eigenvalue weighted by Gasteiger charge is 2.35. The summed E-state index contributed by atoms with van der Waals surface area (Å²) in [5.41, 5.74) is 3.86. The van der Waals surface area contributed by atoms with Crippen LogP contribution in [0, 0.1) is 0 Å². The third-order valence-corrected chi connectivity index (χ3v) is 5.39. The molecule has 3 aromatic rings. The number of hydrogen-bond donors (Lipinski definition) is 1. The highest BCUT2D eigenvalue weighted by Crippen LogP contribution is 2.26. The van der Waals surface area contributed by atoms with Crippen molar-refractivity contribution in [2.24, 2.45) is 0 Å². The van der Waals surface area contributed by atoms with E-state index in [4.69, 9.17) is 0 Å². The van der Waals surface area contributed by atoms with Gasteiger partial charge in [0.15, 0.2) is 5.78 Å².